The van der Waals surface area contributed by atoms with Crippen molar-refractivity contribution in [1.82, 2.24) is 10.3 Å². The number of nitrogens with zero attached hydrogens (tertiary/aromatic N) is 1. The van der Waals surface area contributed by atoms with Crippen LogP contribution in [0.2, 0.25) is 5.02 Å². The molecule has 0 atom stereocenters. The summed E-state index contributed by atoms with van der Waals surface area (Å²) < 4.78 is 9.95. The standard InChI is InChI=1S/C19H20ClN3O5S/c1-27-9-8-21-18(25)12-29-15-5-3-2-4-14(15)19(26)28-11-17(24)23-16-7-6-13(20)10-22-16/h2-7,10H,8-9,11-12H2,1H3,(H,21,25)(H,22,23,24). The number of pyridine rings is 1. The predicted octanol–water partition coefficient (Wildman–Crippen LogP) is 2.39. The van der Waals surface area contributed by atoms with Crippen molar-refractivity contribution < 1.29 is 23.9 Å². The third kappa shape index (κ3) is 8.10. The molecule has 154 valence electrons. The summed E-state index contributed by atoms with van der Waals surface area (Å²) in [4.78, 5) is 40.6. The van der Waals surface area contributed by atoms with Gasteiger partial charge in [-0.2, -0.15) is 0 Å². The number of carbonyl (C=O) groups is 3. The number of nitrogens with one attached hydrogen (secondary N) is 2. The van der Waals surface area contributed by atoms with Gasteiger partial charge in [-0.3, -0.25) is 9.59 Å². The van der Waals surface area contributed by atoms with Gasteiger partial charge in [0.2, 0.25) is 5.91 Å². The summed E-state index contributed by atoms with van der Waals surface area (Å²) in [6.07, 6.45) is 1.39. The van der Waals surface area contributed by atoms with Crippen LogP contribution < -0.4 is 10.6 Å². The van der Waals surface area contributed by atoms with E-state index in [9.17, 15) is 14.4 Å². The van der Waals surface area contributed by atoms with Gasteiger partial charge in [0.05, 0.1) is 22.9 Å². The number of methoxy groups -OCH3 is 1. The van der Waals surface area contributed by atoms with Crippen LogP contribution >= 0.6 is 23.4 Å². The van der Waals surface area contributed by atoms with Gasteiger partial charge in [-0.25, -0.2) is 9.78 Å². The van der Waals surface area contributed by atoms with Crippen molar-refractivity contribution in [2.24, 2.45) is 0 Å². The van der Waals surface area contributed by atoms with Crippen molar-refractivity contribution in [3.05, 3.63) is 53.2 Å². The Morgan fingerprint density at radius 1 is 1.14 bits per heavy atom. The quantitative estimate of drug-likeness (QED) is 0.334. The fourth-order valence-corrected chi connectivity index (χ4v) is 3.07. The van der Waals surface area contributed by atoms with Crippen LogP contribution in [0.25, 0.3) is 0 Å². The molecule has 0 saturated carbocycles. The van der Waals surface area contributed by atoms with E-state index in [0.29, 0.717) is 28.9 Å². The van der Waals surface area contributed by atoms with E-state index < -0.39 is 18.5 Å². The lowest BCUT2D eigenvalue weighted by Gasteiger charge is -2.10. The first kappa shape index (κ1) is 22.7. The maximum atomic E-state index is 12.4. The Morgan fingerprint density at radius 2 is 1.93 bits per heavy atom. The van der Waals surface area contributed by atoms with Gasteiger partial charge in [-0.05, 0) is 24.3 Å². The summed E-state index contributed by atoms with van der Waals surface area (Å²) in [5.41, 5.74) is 0.277. The van der Waals surface area contributed by atoms with E-state index in [-0.39, 0.29) is 17.2 Å². The molecular formula is C19H20ClN3O5S. The van der Waals surface area contributed by atoms with Crippen LogP contribution in [0.3, 0.4) is 0 Å². The lowest BCUT2D eigenvalue weighted by atomic mass is 10.2. The Labute approximate surface area is 177 Å². The zero-order valence-corrected chi connectivity index (χ0v) is 17.2. The maximum Gasteiger partial charge on any atom is 0.339 e. The summed E-state index contributed by atoms with van der Waals surface area (Å²) in [5.74, 6) is -0.935. The predicted molar refractivity (Wildman–Crippen MR) is 110 cm³/mol. The van der Waals surface area contributed by atoms with Crippen LogP contribution in [0.5, 0.6) is 0 Å². The normalized spacial score (nSPS) is 10.3. The minimum atomic E-state index is -0.660. The second-order valence-electron chi connectivity index (χ2n) is 5.61. The number of esters is 1. The van der Waals surface area contributed by atoms with E-state index in [1.165, 1.54) is 24.0 Å². The Kier molecular flexibility index (Phi) is 9.42. The van der Waals surface area contributed by atoms with Crippen molar-refractivity contribution >= 4 is 47.0 Å². The smallest absolute Gasteiger partial charge is 0.339 e. The monoisotopic (exact) mass is 437 g/mol. The second-order valence-corrected chi connectivity index (χ2v) is 7.07. The van der Waals surface area contributed by atoms with Crippen molar-refractivity contribution in [2.75, 3.05) is 37.9 Å². The lowest BCUT2D eigenvalue weighted by molar-refractivity contribution is -0.119. The molecule has 0 fully saturated rings. The molecule has 0 bridgehead atoms. The molecule has 8 nitrogen and oxygen atoms in total. The van der Waals surface area contributed by atoms with Crippen LogP contribution in [0.1, 0.15) is 10.4 Å². The molecule has 2 aromatic rings. The van der Waals surface area contributed by atoms with Gasteiger partial charge < -0.3 is 20.1 Å². The molecule has 0 saturated heterocycles. The molecule has 10 heteroatoms. The number of halogens is 1. The van der Waals surface area contributed by atoms with E-state index in [1.54, 1.807) is 37.4 Å². The molecule has 2 N–H and O–H groups in total. The number of benzene rings is 1. The van der Waals surface area contributed by atoms with E-state index in [4.69, 9.17) is 21.1 Å². The summed E-state index contributed by atoms with van der Waals surface area (Å²) in [6.45, 7) is 0.365. The summed E-state index contributed by atoms with van der Waals surface area (Å²) in [5, 5.41) is 5.64. The fourth-order valence-electron chi connectivity index (χ4n) is 2.09. The Balaban J connectivity index is 1.86. The number of carbonyl (C=O) groups excluding carboxylic acids is 3. The molecule has 0 aliphatic carbocycles. The van der Waals surface area contributed by atoms with Crippen molar-refractivity contribution in [2.45, 2.75) is 4.90 Å². The third-order valence-corrected chi connectivity index (χ3v) is 4.72. The average molecular weight is 438 g/mol. The Bertz CT molecular complexity index is 848. The Hall–Kier alpha value is -2.62. The van der Waals surface area contributed by atoms with E-state index in [0.717, 1.165) is 0 Å². The molecule has 0 spiro atoms. The highest BCUT2D eigenvalue weighted by Crippen LogP contribution is 2.23. The zero-order chi connectivity index (χ0) is 21.1. The molecule has 1 aromatic heterocycles. The summed E-state index contributed by atoms with van der Waals surface area (Å²) in [6, 6.07) is 9.83. The number of rotatable bonds is 10. The molecule has 0 radical (unpaired) electrons. The minimum absolute atomic E-state index is 0.136. The van der Waals surface area contributed by atoms with Gasteiger partial charge in [0.25, 0.3) is 5.91 Å². The second kappa shape index (κ2) is 12.1. The van der Waals surface area contributed by atoms with Gasteiger partial charge in [0.15, 0.2) is 6.61 Å². The number of hydrogen-bond donors (Lipinski definition) is 2. The van der Waals surface area contributed by atoms with E-state index in [2.05, 4.69) is 15.6 Å². The number of anilines is 1. The first-order chi connectivity index (χ1) is 14.0. The van der Waals surface area contributed by atoms with Gasteiger partial charge in [0.1, 0.15) is 5.82 Å². The zero-order valence-electron chi connectivity index (χ0n) is 15.6. The minimum Gasteiger partial charge on any atom is -0.452 e. The topological polar surface area (TPSA) is 107 Å². The van der Waals surface area contributed by atoms with Crippen LogP contribution in [0, 0.1) is 0 Å². The van der Waals surface area contributed by atoms with Gasteiger partial charge in [0, 0.05) is 24.7 Å². The van der Waals surface area contributed by atoms with E-state index >= 15 is 0 Å². The van der Waals surface area contributed by atoms with Crippen LogP contribution in [-0.4, -0.2) is 55.4 Å². The van der Waals surface area contributed by atoms with Crippen LogP contribution in [0.15, 0.2) is 47.5 Å². The summed E-state index contributed by atoms with van der Waals surface area (Å²) in [7, 11) is 1.55. The fraction of sp³-hybridized carbons (Fsp3) is 0.263. The van der Waals surface area contributed by atoms with Gasteiger partial charge >= 0.3 is 5.97 Å². The number of amides is 2. The van der Waals surface area contributed by atoms with Gasteiger partial charge in [-0.1, -0.05) is 23.7 Å². The highest BCUT2D eigenvalue weighted by Gasteiger charge is 2.16. The Morgan fingerprint density at radius 3 is 2.66 bits per heavy atom. The highest BCUT2D eigenvalue weighted by molar-refractivity contribution is 8.00. The first-order valence-electron chi connectivity index (χ1n) is 8.55. The molecule has 0 aliphatic heterocycles. The molecule has 29 heavy (non-hydrogen) atoms. The number of hydrogen-bond acceptors (Lipinski definition) is 7. The van der Waals surface area contributed by atoms with Gasteiger partial charge in [-0.15, -0.1) is 11.8 Å². The number of ether oxygens (including phenoxy) is 2. The lowest BCUT2D eigenvalue weighted by Crippen LogP contribution is -2.28. The highest BCUT2D eigenvalue weighted by atomic mass is 35.5. The number of thioether (sulfide) groups is 1. The van der Waals surface area contributed by atoms with E-state index in [1.807, 2.05) is 0 Å². The first-order valence-corrected chi connectivity index (χ1v) is 9.92. The summed E-state index contributed by atoms with van der Waals surface area (Å²) >= 11 is 6.94. The molecule has 0 aliphatic rings. The van der Waals surface area contributed by atoms with Crippen LogP contribution in [0.4, 0.5) is 5.82 Å². The van der Waals surface area contributed by atoms with Crippen LogP contribution in [-0.2, 0) is 19.1 Å². The molecule has 2 rings (SSSR count). The molecule has 2 amide bonds. The molecule has 1 heterocycles. The molecular weight excluding hydrogens is 418 g/mol. The third-order valence-electron chi connectivity index (χ3n) is 3.42. The number of aromatic nitrogens is 1. The average Bonchev–Trinajstić information content (AvgIpc) is 2.72. The molecule has 1 aromatic carbocycles. The largest absolute Gasteiger partial charge is 0.452 e. The maximum absolute atomic E-state index is 12.4. The van der Waals surface area contributed by atoms with Crippen molar-refractivity contribution in [1.29, 1.82) is 0 Å². The SMILES string of the molecule is COCCNC(=O)CSc1ccccc1C(=O)OCC(=O)Nc1ccc(Cl)cn1. The van der Waals surface area contributed by atoms with Crippen molar-refractivity contribution in [3.63, 3.8) is 0 Å². The molecule has 0 unspecified atom stereocenters. The van der Waals surface area contributed by atoms with Crippen molar-refractivity contribution in [3.8, 4) is 0 Å².